The van der Waals surface area contributed by atoms with E-state index in [2.05, 4.69) is 5.32 Å². The largest absolute Gasteiger partial charge is 0.477 e. The summed E-state index contributed by atoms with van der Waals surface area (Å²) in [5, 5.41) is 13.9. The molecule has 2 aromatic carbocycles. The Kier molecular flexibility index (Phi) is 5.52. The lowest BCUT2D eigenvalue weighted by Crippen LogP contribution is -2.21. The number of para-hydroxylation sites is 1. The van der Waals surface area contributed by atoms with Crippen LogP contribution in [0.2, 0.25) is 0 Å². The normalized spacial score (nSPS) is 10.3. The van der Waals surface area contributed by atoms with Crippen LogP contribution in [0.3, 0.4) is 0 Å². The molecule has 0 bridgehead atoms. The third-order valence-corrected chi connectivity index (χ3v) is 3.68. The lowest BCUT2D eigenvalue weighted by atomic mass is 10.1. The number of rotatable bonds is 6. The summed E-state index contributed by atoms with van der Waals surface area (Å²) in [6.07, 6.45) is 0.793. The molecular formula is C18H20N2O4. The van der Waals surface area contributed by atoms with Crippen LogP contribution in [0, 0.1) is 24.0 Å². The zero-order valence-corrected chi connectivity index (χ0v) is 14.0. The van der Waals surface area contributed by atoms with E-state index in [1.807, 2.05) is 32.0 Å². The quantitative estimate of drug-likeness (QED) is 0.646. The Morgan fingerprint density at radius 3 is 2.67 bits per heavy atom. The topological polar surface area (TPSA) is 81.5 Å². The molecular weight excluding hydrogens is 308 g/mol. The number of nitro benzene ring substituents is 1. The monoisotopic (exact) mass is 328 g/mol. The number of nitrogens with zero attached hydrogens (tertiary/aromatic N) is 1. The zero-order valence-electron chi connectivity index (χ0n) is 14.0. The number of amides is 1. The Morgan fingerprint density at radius 1 is 1.25 bits per heavy atom. The number of benzene rings is 2. The Labute approximate surface area is 140 Å². The van der Waals surface area contributed by atoms with E-state index in [1.54, 1.807) is 19.1 Å². The van der Waals surface area contributed by atoms with Crippen LogP contribution in [0.4, 0.5) is 11.4 Å². The van der Waals surface area contributed by atoms with E-state index in [4.69, 9.17) is 4.74 Å². The molecule has 0 aliphatic heterocycles. The number of ether oxygens (including phenoxy) is 1. The summed E-state index contributed by atoms with van der Waals surface area (Å²) in [6, 6.07) is 10.4. The molecule has 6 heteroatoms. The number of hydrogen-bond acceptors (Lipinski definition) is 4. The summed E-state index contributed by atoms with van der Waals surface area (Å²) < 4.78 is 5.37. The minimum atomic E-state index is -0.525. The number of carbonyl (C=O) groups excluding carboxylic acids is 1. The lowest BCUT2D eigenvalue weighted by Gasteiger charge is -2.13. The Hall–Kier alpha value is -2.89. The van der Waals surface area contributed by atoms with Crippen molar-refractivity contribution in [3.05, 3.63) is 63.2 Å². The maximum absolute atomic E-state index is 12.2. The van der Waals surface area contributed by atoms with Gasteiger partial charge in [0, 0.05) is 11.8 Å². The van der Waals surface area contributed by atoms with Crippen LogP contribution >= 0.6 is 0 Å². The summed E-state index contributed by atoms with van der Waals surface area (Å²) in [7, 11) is 0. The van der Waals surface area contributed by atoms with E-state index in [9.17, 15) is 14.9 Å². The first-order chi connectivity index (χ1) is 11.4. The average Bonchev–Trinajstić information content (AvgIpc) is 2.54. The molecule has 0 aromatic heterocycles. The van der Waals surface area contributed by atoms with Gasteiger partial charge in [0.1, 0.15) is 0 Å². The summed E-state index contributed by atoms with van der Waals surface area (Å²) >= 11 is 0. The fourth-order valence-corrected chi connectivity index (χ4v) is 2.41. The molecule has 0 atom stereocenters. The second-order valence-electron chi connectivity index (χ2n) is 5.53. The molecule has 0 fully saturated rings. The van der Waals surface area contributed by atoms with Crippen LogP contribution in [-0.2, 0) is 11.2 Å². The molecule has 0 heterocycles. The molecule has 0 radical (unpaired) electrons. The van der Waals surface area contributed by atoms with Gasteiger partial charge in [-0.05, 0) is 43.0 Å². The predicted molar refractivity (Wildman–Crippen MR) is 92.5 cm³/mol. The minimum Gasteiger partial charge on any atom is -0.477 e. The van der Waals surface area contributed by atoms with Crippen LogP contribution in [0.5, 0.6) is 5.75 Å². The first-order valence-corrected chi connectivity index (χ1v) is 7.68. The molecule has 0 aliphatic rings. The SMILES string of the molecule is CCc1cccc(C)c1NC(=O)COc1cc(C)ccc1[N+](=O)[O-]. The van der Waals surface area contributed by atoms with Crippen molar-refractivity contribution < 1.29 is 14.5 Å². The number of nitrogens with one attached hydrogen (secondary N) is 1. The van der Waals surface area contributed by atoms with Gasteiger partial charge in [0.2, 0.25) is 0 Å². The molecule has 0 saturated carbocycles. The van der Waals surface area contributed by atoms with Crippen molar-refractivity contribution in [2.45, 2.75) is 27.2 Å². The third kappa shape index (κ3) is 4.10. The molecule has 126 valence electrons. The summed E-state index contributed by atoms with van der Waals surface area (Å²) in [6.45, 7) is 5.44. The Morgan fingerprint density at radius 2 is 2.00 bits per heavy atom. The van der Waals surface area contributed by atoms with Gasteiger partial charge in [0.05, 0.1) is 4.92 Å². The molecule has 6 nitrogen and oxygen atoms in total. The zero-order chi connectivity index (χ0) is 17.7. The van der Waals surface area contributed by atoms with Crippen molar-refractivity contribution in [3.63, 3.8) is 0 Å². The van der Waals surface area contributed by atoms with Crippen molar-refractivity contribution in [3.8, 4) is 5.75 Å². The Balaban J connectivity index is 2.10. The lowest BCUT2D eigenvalue weighted by molar-refractivity contribution is -0.385. The highest BCUT2D eigenvalue weighted by molar-refractivity contribution is 5.93. The number of anilines is 1. The van der Waals surface area contributed by atoms with Gasteiger partial charge in [-0.25, -0.2) is 0 Å². The molecule has 2 aromatic rings. The maximum atomic E-state index is 12.2. The number of carbonyl (C=O) groups is 1. The van der Waals surface area contributed by atoms with Crippen LogP contribution in [0.1, 0.15) is 23.6 Å². The van der Waals surface area contributed by atoms with Gasteiger partial charge in [-0.15, -0.1) is 0 Å². The van der Waals surface area contributed by atoms with Crippen molar-refractivity contribution in [2.24, 2.45) is 0 Å². The summed E-state index contributed by atoms with van der Waals surface area (Å²) in [4.78, 5) is 22.7. The van der Waals surface area contributed by atoms with Gasteiger partial charge in [-0.1, -0.05) is 31.2 Å². The van der Waals surface area contributed by atoms with Gasteiger partial charge in [-0.2, -0.15) is 0 Å². The molecule has 0 unspecified atom stereocenters. The second kappa shape index (κ2) is 7.59. The maximum Gasteiger partial charge on any atom is 0.310 e. The van der Waals surface area contributed by atoms with Gasteiger partial charge in [-0.3, -0.25) is 14.9 Å². The average molecular weight is 328 g/mol. The van der Waals surface area contributed by atoms with Gasteiger partial charge < -0.3 is 10.1 Å². The van der Waals surface area contributed by atoms with E-state index in [1.165, 1.54) is 6.07 Å². The third-order valence-electron chi connectivity index (χ3n) is 3.68. The van der Waals surface area contributed by atoms with Crippen LogP contribution in [0.25, 0.3) is 0 Å². The van der Waals surface area contributed by atoms with Crippen molar-refractivity contribution >= 4 is 17.3 Å². The minimum absolute atomic E-state index is 0.0932. The standard InChI is InChI=1S/C18H20N2O4/c1-4-14-7-5-6-13(3)18(14)19-17(21)11-24-16-10-12(2)8-9-15(16)20(22)23/h5-10H,4,11H2,1-3H3,(H,19,21). The van der Waals surface area contributed by atoms with Crippen molar-refractivity contribution in [1.82, 2.24) is 0 Å². The van der Waals surface area contributed by atoms with E-state index >= 15 is 0 Å². The predicted octanol–water partition coefficient (Wildman–Crippen LogP) is 3.79. The molecule has 0 spiro atoms. The highest BCUT2D eigenvalue weighted by Crippen LogP contribution is 2.28. The molecule has 0 saturated heterocycles. The smallest absolute Gasteiger partial charge is 0.310 e. The molecule has 1 amide bonds. The fraction of sp³-hybridized carbons (Fsp3) is 0.278. The van der Waals surface area contributed by atoms with Crippen LogP contribution < -0.4 is 10.1 Å². The number of aryl methyl sites for hydroxylation is 3. The molecule has 0 aliphatic carbocycles. The van der Waals surface area contributed by atoms with Crippen LogP contribution in [-0.4, -0.2) is 17.4 Å². The highest BCUT2D eigenvalue weighted by Gasteiger charge is 2.16. The van der Waals surface area contributed by atoms with E-state index in [0.29, 0.717) is 0 Å². The van der Waals surface area contributed by atoms with Gasteiger partial charge in [0.25, 0.3) is 5.91 Å². The van der Waals surface area contributed by atoms with E-state index in [0.717, 1.165) is 28.8 Å². The van der Waals surface area contributed by atoms with Gasteiger partial charge >= 0.3 is 5.69 Å². The highest BCUT2D eigenvalue weighted by atomic mass is 16.6. The fourth-order valence-electron chi connectivity index (χ4n) is 2.41. The number of hydrogen-bond donors (Lipinski definition) is 1. The first kappa shape index (κ1) is 17.5. The molecule has 2 rings (SSSR count). The number of nitro groups is 1. The Bertz CT molecular complexity index is 772. The van der Waals surface area contributed by atoms with E-state index in [-0.39, 0.29) is 24.0 Å². The molecule has 1 N–H and O–H groups in total. The summed E-state index contributed by atoms with van der Waals surface area (Å²) in [5.74, 6) is -0.259. The second-order valence-corrected chi connectivity index (χ2v) is 5.53. The molecule has 24 heavy (non-hydrogen) atoms. The van der Waals surface area contributed by atoms with Crippen molar-refractivity contribution in [1.29, 1.82) is 0 Å². The van der Waals surface area contributed by atoms with Gasteiger partial charge in [0.15, 0.2) is 12.4 Å². The van der Waals surface area contributed by atoms with Crippen molar-refractivity contribution in [2.75, 3.05) is 11.9 Å². The van der Waals surface area contributed by atoms with Crippen LogP contribution in [0.15, 0.2) is 36.4 Å². The first-order valence-electron chi connectivity index (χ1n) is 7.68. The summed E-state index contributed by atoms with van der Waals surface area (Å²) in [5.41, 5.74) is 3.43. The van der Waals surface area contributed by atoms with E-state index < -0.39 is 4.92 Å².